The first-order valence-corrected chi connectivity index (χ1v) is 7.55. The molecule has 0 aliphatic heterocycles. The highest BCUT2D eigenvalue weighted by molar-refractivity contribution is 5.70. The van der Waals surface area contributed by atoms with Gasteiger partial charge in [0.2, 0.25) is 0 Å². The molecule has 3 nitrogen and oxygen atoms in total. The van der Waals surface area contributed by atoms with Crippen LogP contribution in [0.3, 0.4) is 0 Å². The average molecular weight is 277 g/mol. The van der Waals surface area contributed by atoms with Crippen LogP contribution < -0.4 is 5.73 Å². The Kier molecular flexibility index (Phi) is 7.31. The van der Waals surface area contributed by atoms with Gasteiger partial charge in [-0.2, -0.15) is 0 Å². The molecule has 0 heterocycles. The van der Waals surface area contributed by atoms with Gasteiger partial charge in [-0.25, -0.2) is 0 Å². The number of rotatable bonds is 9. The van der Waals surface area contributed by atoms with Crippen molar-refractivity contribution in [2.45, 2.75) is 46.0 Å². The van der Waals surface area contributed by atoms with Crippen molar-refractivity contribution >= 4 is 5.97 Å². The molecule has 1 aromatic carbocycles. The molecule has 0 aliphatic carbocycles. The van der Waals surface area contributed by atoms with Crippen LogP contribution in [0.2, 0.25) is 0 Å². The largest absolute Gasteiger partial charge is 0.481 e. The van der Waals surface area contributed by atoms with Crippen molar-refractivity contribution in [2.24, 2.45) is 17.6 Å². The third kappa shape index (κ3) is 5.74. The summed E-state index contributed by atoms with van der Waals surface area (Å²) in [7, 11) is 0. The zero-order chi connectivity index (χ0) is 15.0. The second-order valence-corrected chi connectivity index (χ2v) is 5.66. The van der Waals surface area contributed by atoms with Crippen LogP contribution in [0, 0.1) is 18.8 Å². The molecule has 112 valence electrons. The molecule has 0 saturated carbocycles. The van der Waals surface area contributed by atoms with Gasteiger partial charge in [0.15, 0.2) is 0 Å². The zero-order valence-corrected chi connectivity index (χ0v) is 12.6. The van der Waals surface area contributed by atoms with E-state index in [1.165, 1.54) is 11.1 Å². The highest BCUT2D eigenvalue weighted by atomic mass is 16.4. The summed E-state index contributed by atoms with van der Waals surface area (Å²) in [5.74, 6) is -0.686. The van der Waals surface area contributed by atoms with E-state index >= 15 is 0 Å². The minimum Gasteiger partial charge on any atom is -0.481 e. The summed E-state index contributed by atoms with van der Waals surface area (Å²) in [5.41, 5.74) is 8.17. The molecule has 3 N–H and O–H groups in total. The van der Waals surface area contributed by atoms with Crippen LogP contribution in [0.4, 0.5) is 0 Å². The minimum atomic E-state index is -0.760. The van der Waals surface area contributed by atoms with E-state index < -0.39 is 5.97 Å². The molecular formula is C17H27NO2. The normalized spacial score (nSPS) is 13.9. The quantitative estimate of drug-likeness (QED) is 0.727. The van der Waals surface area contributed by atoms with E-state index in [4.69, 9.17) is 10.8 Å². The molecule has 20 heavy (non-hydrogen) atoms. The first kappa shape index (κ1) is 16.7. The molecule has 0 radical (unpaired) electrons. The van der Waals surface area contributed by atoms with E-state index in [2.05, 4.69) is 38.1 Å². The predicted molar refractivity (Wildman–Crippen MR) is 82.7 cm³/mol. The van der Waals surface area contributed by atoms with Gasteiger partial charge in [0.1, 0.15) is 0 Å². The Bertz CT molecular complexity index is 400. The number of aryl methyl sites for hydroxylation is 2. The van der Waals surface area contributed by atoms with Gasteiger partial charge in [0.05, 0.1) is 5.92 Å². The third-order valence-corrected chi connectivity index (χ3v) is 4.03. The molecule has 2 atom stereocenters. The van der Waals surface area contributed by atoms with Crippen LogP contribution >= 0.6 is 0 Å². The summed E-state index contributed by atoms with van der Waals surface area (Å²) in [5, 5.41) is 9.07. The van der Waals surface area contributed by atoms with Gasteiger partial charge < -0.3 is 10.8 Å². The van der Waals surface area contributed by atoms with Gasteiger partial charge in [-0.3, -0.25) is 4.79 Å². The zero-order valence-electron chi connectivity index (χ0n) is 12.6. The van der Waals surface area contributed by atoms with Gasteiger partial charge in [0, 0.05) is 6.54 Å². The molecule has 0 bridgehead atoms. The standard InChI is InChI=1S/C17H27NO2/c1-3-14(11-16(12-18)17(19)20)5-4-6-15-9-7-13(2)8-10-15/h7-10,14,16H,3-6,11-12,18H2,1-2H3,(H,19,20). The Morgan fingerprint density at radius 3 is 2.45 bits per heavy atom. The van der Waals surface area contributed by atoms with Crippen molar-refractivity contribution < 1.29 is 9.90 Å². The molecule has 2 unspecified atom stereocenters. The van der Waals surface area contributed by atoms with Crippen LogP contribution in [-0.4, -0.2) is 17.6 Å². The van der Waals surface area contributed by atoms with E-state index in [0.29, 0.717) is 12.3 Å². The number of benzene rings is 1. The SMILES string of the molecule is CCC(CCCc1ccc(C)cc1)CC(CN)C(=O)O. The number of carboxylic acid groups (broad SMARTS) is 1. The molecule has 0 fully saturated rings. The second-order valence-electron chi connectivity index (χ2n) is 5.66. The summed E-state index contributed by atoms with van der Waals surface area (Å²) in [4.78, 5) is 11.0. The van der Waals surface area contributed by atoms with E-state index in [9.17, 15) is 4.79 Å². The maximum Gasteiger partial charge on any atom is 0.307 e. The summed E-state index contributed by atoms with van der Waals surface area (Å²) in [6.45, 7) is 4.46. The number of nitrogens with two attached hydrogens (primary N) is 1. The Labute approximate surface area is 122 Å². The van der Waals surface area contributed by atoms with Gasteiger partial charge in [0.25, 0.3) is 0 Å². The molecule has 0 aromatic heterocycles. The molecule has 0 saturated heterocycles. The van der Waals surface area contributed by atoms with Crippen molar-refractivity contribution in [3.63, 3.8) is 0 Å². The fraction of sp³-hybridized carbons (Fsp3) is 0.588. The fourth-order valence-electron chi connectivity index (χ4n) is 2.54. The van der Waals surface area contributed by atoms with Gasteiger partial charge >= 0.3 is 5.97 Å². The maximum absolute atomic E-state index is 11.0. The average Bonchev–Trinajstić information content (AvgIpc) is 2.44. The molecular weight excluding hydrogens is 250 g/mol. The number of hydrogen-bond donors (Lipinski definition) is 2. The lowest BCUT2D eigenvalue weighted by Crippen LogP contribution is -2.25. The highest BCUT2D eigenvalue weighted by Gasteiger charge is 2.19. The first-order valence-electron chi connectivity index (χ1n) is 7.55. The maximum atomic E-state index is 11.0. The number of aliphatic carboxylic acids is 1. The summed E-state index contributed by atoms with van der Waals surface area (Å²) in [6.07, 6.45) is 4.98. The molecule has 1 rings (SSSR count). The van der Waals surface area contributed by atoms with Crippen molar-refractivity contribution in [3.8, 4) is 0 Å². The lowest BCUT2D eigenvalue weighted by Gasteiger charge is -2.18. The van der Waals surface area contributed by atoms with Crippen LogP contribution in [0.1, 0.15) is 43.7 Å². The Hall–Kier alpha value is -1.35. The Balaban J connectivity index is 2.37. The van der Waals surface area contributed by atoms with E-state index in [1.807, 2.05) is 0 Å². The molecule has 0 spiro atoms. The summed E-state index contributed by atoms with van der Waals surface area (Å²) >= 11 is 0. The lowest BCUT2D eigenvalue weighted by molar-refractivity contribution is -0.142. The second kappa shape index (κ2) is 8.75. The highest BCUT2D eigenvalue weighted by Crippen LogP contribution is 2.22. The fourth-order valence-corrected chi connectivity index (χ4v) is 2.54. The third-order valence-electron chi connectivity index (χ3n) is 4.03. The number of carbonyl (C=O) groups is 1. The van der Waals surface area contributed by atoms with Crippen LogP contribution in [0.5, 0.6) is 0 Å². The van der Waals surface area contributed by atoms with Crippen LogP contribution in [0.15, 0.2) is 24.3 Å². The first-order chi connectivity index (χ1) is 9.56. The monoisotopic (exact) mass is 277 g/mol. The van der Waals surface area contributed by atoms with Crippen molar-refractivity contribution in [3.05, 3.63) is 35.4 Å². The molecule has 0 aliphatic rings. The lowest BCUT2D eigenvalue weighted by atomic mass is 9.88. The van der Waals surface area contributed by atoms with E-state index in [1.54, 1.807) is 0 Å². The molecule has 1 aromatic rings. The van der Waals surface area contributed by atoms with Gasteiger partial charge in [-0.1, -0.05) is 49.6 Å². The number of carboxylic acids is 1. The van der Waals surface area contributed by atoms with Crippen molar-refractivity contribution in [2.75, 3.05) is 6.54 Å². The van der Waals surface area contributed by atoms with Crippen molar-refractivity contribution in [1.82, 2.24) is 0 Å². The van der Waals surface area contributed by atoms with Crippen LogP contribution in [0.25, 0.3) is 0 Å². The molecule has 3 heteroatoms. The summed E-state index contributed by atoms with van der Waals surface area (Å²) in [6, 6.07) is 8.63. The Morgan fingerprint density at radius 2 is 1.95 bits per heavy atom. The smallest absolute Gasteiger partial charge is 0.307 e. The van der Waals surface area contributed by atoms with Crippen molar-refractivity contribution in [1.29, 1.82) is 0 Å². The minimum absolute atomic E-state index is 0.240. The van der Waals surface area contributed by atoms with Gasteiger partial charge in [-0.05, 0) is 37.7 Å². The Morgan fingerprint density at radius 1 is 1.30 bits per heavy atom. The van der Waals surface area contributed by atoms with E-state index in [0.717, 1.165) is 25.7 Å². The predicted octanol–water partition coefficient (Wildman–Crippen LogP) is 3.39. The summed E-state index contributed by atoms with van der Waals surface area (Å²) < 4.78 is 0. The van der Waals surface area contributed by atoms with Crippen LogP contribution in [-0.2, 0) is 11.2 Å². The van der Waals surface area contributed by atoms with Gasteiger partial charge in [-0.15, -0.1) is 0 Å². The number of hydrogen-bond acceptors (Lipinski definition) is 2. The topological polar surface area (TPSA) is 63.3 Å². The van der Waals surface area contributed by atoms with E-state index in [-0.39, 0.29) is 12.5 Å². The molecule has 0 amide bonds.